The van der Waals surface area contributed by atoms with Crippen LogP contribution in [-0.4, -0.2) is 69.6 Å². The molecule has 0 aromatic heterocycles. The van der Waals surface area contributed by atoms with Crippen LogP contribution < -0.4 is 4.74 Å². The summed E-state index contributed by atoms with van der Waals surface area (Å²) in [5, 5.41) is 19.9. The molecular weight excluding hydrogens is 448 g/mol. The van der Waals surface area contributed by atoms with Crippen molar-refractivity contribution in [2.24, 2.45) is 5.92 Å². The van der Waals surface area contributed by atoms with Crippen LogP contribution in [0.25, 0.3) is 0 Å². The standard InChI is InChI=1S/C27H32N2O6/c1-2-35-22-13-7-6-12-20(22)24(31)29-23(19-10-4-3-5-11-19)21(25(32)33)18-27(29)14-8-9-15-28(16-17-30)26(27)34/h3-7,10-13,21,23,30H,2,8-9,14-18H2,1H3,(H,32,33)/t21-,23-,27-/m0/s1. The fourth-order valence-corrected chi connectivity index (χ4v) is 5.62. The summed E-state index contributed by atoms with van der Waals surface area (Å²) in [6, 6.07) is 15.1. The van der Waals surface area contributed by atoms with Crippen molar-refractivity contribution in [2.75, 3.05) is 26.3 Å². The zero-order valence-electron chi connectivity index (χ0n) is 19.9. The maximum atomic E-state index is 14.3. The molecule has 2 aliphatic rings. The monoisotopic (exact) mass is 480 g/mol. The summed E-state index contributed by atoms with van der Waals surface area (Å²) in [7, 11) is 0. The second-order valence-electron chi connectivity index (χ2n) is 9.11. The van der Waals surface area contributed by atoms with Crippen LogP contribution in [-0.2, 0) is 9.59 Å². The van der Waals surface area contributed by atoms with E-state index in [4.69, 9.17) is 4.74 Å². The van der Waals surface area contributed by atoms with E-state index >= 15 is 0 Å². The molecule has 2 saturated heterocycles. The zero-order valence-corrected chi connectivity index (χ0v) is 19.9. The van der Waals surface area contributed by atoms with Crippen molar-refractivity contribution < 1.29 is 29.3 Å². The number of likely N-dealkylation sites (tertiary alicyclic amines) is 2. The Kier molecular flexibility index (Phi) is 7.40. The molecule has 2 aromatic rings. The molecule has 0 aliphatic carbocycles. The van der Waals surface area contributed by atoms with E-state index in [1.54, 1.807) is 41.3 Å². The number of aliphatic hydroxyl groups excluding tert-OH is 1. The normalized spacial score (nSPS) is 24.5. The first-order valence-corrected chi connectivity index (χ1v) is 12.2. The highest BCUT2D eigenvalue weighted by atomic mass is 16.5. The number of ether oxygens (including phenoxy) is 1. The van der Waals surface area contributed by atoms with Gasteiger partial charge in [-0.3, -0.25) is 14.4 Å². The molecule has 0 unspecified atom stereocenters. The van der Waals surface area contributed by atoms with E-state index in [2.05, 4.69) is 0 Å². The molecule has 0 bridgehead atoms. The number of β-amino-alcohol motifs (C(OH)–C–C–N with tert-alkyl or cyclic N) is 1. The average Bonchev–Trinajstić information content (AvgIpc) is 3.14. The van der Waals surface area contributed by atoms with Crippen LogP contribution in [0.2, 0.25) is 0 Å². The molecule has 0 radical (unpaired) electrons. The van der Waals surface area contributed by atoms with Crippen molar-refractivity contribution in [1.82, 2.24) is 9.80 Å². The number of hydrogen-bond acceptors (Lipinski definition) is 5. The minimum absolute atomic E-state index is 0.0190. The quantitative estimate of drug-likeness (QED) is 0.631. The molecule has 0 saturated carbocycles. The molecule has 2 aliphatic heterocycles. The number of carbonyl (C=O) groups excluding carboxylic acids is 2. The molecule has 2 fully saturated rings. The summed E-state index contributed by atoms with van der Waals surface area (Å²) >= 11 is 0. The Hall–Kier alpha value is -3.39. The number of rotatable bonds is 7. The number of carboxylic acids is 1. The van der Waals surface area contributed by atoms with Crippen LogP contribution >= 0.6 is 0 Å². The first kappa shape index (κ1) is 24.7. The molecule has 2 N–H and O–H groups in total. The largest absolute Gasteiger partial charge is 0.493 e. The van der Waals surface area contributed by atoms with Gasteiger partial charge in [0.2, 0.25) is 5.91 Å². The summed E-state index contributed by atoms with van der Waals surface area (Å²) in [6.45, 7) is 2.59. The van der Waals surface area contributed by atoms with Gasteiger partial charge in [0.25, 0.3) is 5.91 Å². The molecule has 3 atom stereocenters. The van der Waals surface area contributed by atoms with Gasteiger partial charge in [-0.05, 0) is 50.3 Å². The van der Waals surface area contributed by atoms with Gasteiger partial charge in [0.05, 0.1) is 30.7 Å². The van der Waals surface area contributed by atoms with Crippen LogP contribution in [0.15, 0.2) is 54.6 Å². The van der Waals surface area contributed by atoms with Gasteiger partial charge in [-0.25, -0.2) is 0 Å². The molecule has 1 spiro atoms. The van der Waals surface area contributed by atoms with Gasteiger partial charge in [-0.15, -0.1) is 0 Å². The maximum Gasteiger partial charge on any atom is 0.309 e. The number of aliphatic carboxylic acids is 1. The zero-order chi connectivity index (χ0) is 25.0. The highest BCUT2D eigenvalue weighted by Crippen LogP contribution is 2.51. The Morgan fingerprint density at radius 2 is 1.80 bits per heavy atom. The van der Waals surface area contributed by atoms with Crippen molar-refractivity contribution in [2.45, 2.75) is 44.2 Å². The number of benzene rings is 2. The Bertz CT molecular complexity index is 1070. The van der Waals surface area contributed by atoms with Crippen LogP contribution in [0, 0.1) is 5.92 Å². The van der Waals surface area contributed by atoms with Crippen molar-refractivity contribution in [3.8, 4) is 5.75 Å². The molecule has 8 nitrogen and oxygen atoms in total. The Morgan fingerprint density at radius 1 is 1.09 bits per heavy atom. The third-order valence-electron chi connectivity index (χ3n) is 7.10. The first-order chi connectivity index (χ1) is 16.9. The van der Waals surface area contributed by atoms with Crippen molar-refractivity contribution in [1.29, 1.82) is 0 Å². The van der Waals surface area contributed by atoms with Gasteiger partial charge < -0.3 is 24.7 Å². The molecule has 2 aromatic carbocycles. The molecule has 35 heavy (non-hydrogen) atoms. The summed E-state index contributed by atoms with van der Waals surface area (Å²) in [5.41, 5.74) is -0.359. The summed E-state index contributed by atoms with van der Waals surface area (Å²) in [6.07, 6.45) is 1.77. The number of hydrogen-bond donors (Lipinski definition) is 2. The van der Waals surface area contributed by atoms with Crippen molar-refractivity contribution >= 4 is 17.8 Å². The molecule has 8 heteroatoms. The fraction of sp³-hybridized carbons (Fsp3) is 0.444. The van der Waals surface area contributed by atoms with Gasteiger partial charge >= 0.3 is 5.97 Å². The summed E-state index contributed by atoms with van der Waals surface area (Å²) in [5.74, 6) is -2.33. The molecule has 2 amide bonds. The van der Waals surface area contributed by atoms with Crippen molar-refractivity contribution in [3.63, 3.8) is 0 Å². The molecule has 186 valence electrons. The predicted octanol–water partition coefficient (Wildman–Crippen LogP) is 3.12. The lowest BCUT2D eigenvalue weighted by molar-refractivity contribution is -0.142. The van der Waals surface area contributed by atoms with E-state index in [1.807, 2.05) is 25.1 Å². The third kappa shape index (κ3) is 4.50. The van der Waals surface area contributed by atoms with Crippen molar-refractivity contribution in [3.05, 3.63) is 65.7 Å². The number of aliphatic hydroxyl groups is 1. The van der Waals surface area contributed by atoms with E-state index in [0.717, 1.165) is 6.42 Å². The average molecular weight is 481 g/mol. The lowest BCUT2D eigenvalue weighted by Crippen LogP contribution is -2.58. The minimum Gasteiger partial charge on any atom is -0.493 e. The molecule has 2 heterocycles. The lowest BCUT2D eigenvalue weighted by atomic mass is 9.85. The highest BCUT2D eigenvalue weighted by molar-refractivity contribution is 6.02. The van der Waals surface area contributed by atoms with E-state index < -0.39 is 29.4 Å². The second-order valence-corrected chi connectivity index (χ2v) is 9.11. The van der Waals surface area contributed by atoms with Gasteiger partial charge in [0.15, 0.2) is 0 Å². The molecular formula is C27H32N2O6. The highest BCUT2D eigenvalue weighted by Gasteiger charge is 2.61. The van der Waals surface area contributed by atoms with Crippen LogP contribution in [0.5, 0.6) is 5.75 Å². The molecule has 4 rings (SSSR count). The van der Waals surface area contributed by atoms with E-state index in [0.29, 0.717) is 42.9 Å². The predicted molar refractivity (Wildman–Crippen MR) is 129 cm³/mol. The number of carboxylic acid groups (broad SMARTS) is 1. The second kappa shape index (κ2) is 10.5. The summed E-state index contributed by atoms with van der Waals surface area (Å²) < 4.78 is 5.73. The number of amides is 2. The smallest absolute Gasteiger partial charge is 0.309 e. The Balaban J connectivity index is 1.92. The van der Waals surface area contributed by atoms with Gasteiger partial charge in [0.1, 0.15) is 11.3 Å². The van der Waals surface area contributed by atoms with Crippen LogP contribution in [0.3, 0.4) is 0 Å². The third-order valence-corrected chi connectivity index (χ3v) is 7.10. The van der Waals surface area contributed by atoms with Gasteiger partial charge in [-0.2, -0.15) is 0 Å². The Labute approximate surface area is 205 Å². The minimum atomic E-state index is -1.33. The van der Waals surface area contributed by atoms with Crippen LogP contribution in [0.1, 0.15) is 54.6 Å². The SMILES string of the molecule is CCOc1ccccc1C(=O)N1[C@@H](c2ccccc2)[C@@H](C(=O)O)C[C@]12CCCCN(CCO)C2=O. The Morgan fingerprint density at radius 3 is 2.49 bits per heavy atom. The van der Waals surface area contributed by atoms with Gasteiger partial charge in [0, 0.05) is 13.1 Å². The number of para-hydroxylation sites is 1. The lowest BCUT2D eigenvalue weighted by Gasteiger charge is -2.41. The number of nitrogens with zero attached hydrogens (tertiary/aromatic N) is 2. The van der Waals surface area contributed by atoms with Crippen LogP contribution in [0.4, 0.5) is 0 Å². The topological polar surface area (TPSA) is 107 Å². The fourth-order valence-electron chi connectivity index (χ4n) is 5.62. The van der Waals surface area contributed by atoms with E-state index in [9.17, 15) is 24.6 Å². The first-order valence-electron chi connectivity index (χ1n) is 12.2. The van der Waals surface area contributed by atoms with E-state index in [-0.39, 0.29) is 25.5 Å². The van der Waals surface area contributed by atoms with Gasteiger partial charge in [-0.1, -0.05) is 42.5 Å². The summed E-state index contributed by atoms with van der Waals surface area (Å²) in [4.78, 5) is 44.0. The maximum absolute atomic E-state index is 14.3. The van der Waals surface area contributed by atoms with E-state index in [1.165, 1.54) is 4.90 Å². The number of carbonyl (C=O) groups is 3.